The molecule has 3 unspecified atom stereocenters. The van der Waals surface area contributed by atoms with Crippen LogP contribution in [0.25, 0.3) is 0 Å². The minimum atomic E-state index is 0.434. The Morgan fingerprint density at radius 3 is 2.69 bits per heavy atom. The number of rotatable bonds is 6. The lowest BCUT2D eigenvalue weighted by Gasteiger charge is -2.35. The molecule has 1 saturated heterocycles. The molecule has 1 heterocycles. The summed E-state index contributed by atoms with van der Waals surface area (Å²) in [5.41, 5.74) is 0. The Labute approximate surface area is 101 Å². The van der Waals surface area contributed by atoms with E-state index in [0.29, 0.717) is 18.2 Å². The van der Waals surface area contributed by atoms with Crippen LogP contribution in [0.2, 0.25) is 0 Å². The number of piperidine rings is 1. The molecule has 0 bridgehead atoms. The molecule has 0 saturated carbocycles. The summed E-state index contributed by atoms with van der Waals surface area (Å²) in [6, 6.07) is 1.22. The fourth-order valence-corrected chi connectivity index (χ4v) is 2.37. The van der Waals surface area contributed by atoms with Gasteiger partial charge in [-0.15, -0.1) is 0 Å². The molecule has 1 rings (SSSR count). The van der Waals surface area contributed by atoms with Crippen molar-refractivity contribution in [1.29, 1.82) is 0 Å². The van der Waals surface area contributed by atoms with Crippen molar-refractivity contribution in [3.63, 3.8) is 0 Å². The third-order valence-electron chi connectivity index (χ3n) is 3.35. The first-order chi connectivity index (χ1) is 7.63. The first kappa shape index (κ1) is 13.9. The van der Waals surface area contributed by atoms with Gasteiger partial charge in [0.05, 0.1) is 6.10 Å². The van der Waals surface area contributed by atoms with Gasteiger partial charge in [0.25, 0.3) is 0 Å². The molecule has 1 aliphatic rings. The van der Waals surface area contributed by atoms with Crippen LogP contribution in [0.1, 0.15) is 39.5 Å². The largest absolute Gasteiger partial charge is 0.377 e. The summed E-state index contributed by atoms with van der Waals surface area (Å²) in [6.07, 6.45) is 5.20. The van der Waals surface area contributed by atoms with Crippen molar-refractivity contribution in [1.82, 2.24) is 10.2 Å². The van der Waals surface area contributed by atoms with E-state index in [-0.39, 0.29) is 0 Å². The molecule has 0 aromatic rings. The molecule has 96 valence electrons. The van der Waals surface area contributed by atoms with Crippen molar-refractivity contribution in [3.8, 4) is 0 Å². The molecule has 3 atom stereocenters. The van der Waals surface area contributed by atoms with Crippen molar-refractivity contribution in [2.45, 2.75) is 57.7 Å². The van der Waals surface area contributed by atoms with E-state index in [1.807, 2.05) is 0 Å². The standard InChI is InChI=1S/C13H28N2O/c1-5-12-13(8-7-11(2)14-12)16-10-6-9-15(3)4/h11-14H,5-10H2,1-4H3. The fourth-order valence-electron chi connectivity index (χ4n) is 2.37. The quantitative estimate of drug-likeness (QED) is 0.703. The van der Waals surface area contributed by atoms with Crippen LogP contribution in [-0.2, 0) is 4.74 Å². The van der Waals surface area contributed by atoms with Gasteiger partial charge in [-0.05, 0) is 53.2 Å². The third kappa shape index (κ3) is 4.81. The summed E-state index contributed by atoms with van der Waals surface area (Å²) >= 11 is 0. The monoisotopic (exact) mass is 228 g/mol. The average Bonchev–Trinajstić information content (AvgIpc) is 2.25. The average molecular weight is 228 g/mol. The normalized spacial score (nSPS) is 30.9. The SMILES string of the molecule is CCC1NC(C)CCC1OCCCN(C)C. The molecular weight excluding hydrogens is 200 g/mol. The second kappa shape index (κ2) is 7.25. The fraction of sp³-hybridized carbons (Fsp3) is 1.00. The highest BCUT2D eigenvalue weighted by Crippen LogP contribution is 2.18. The smallest absolute Gasteiger partial charge is 0.0728 e. The molecular formula is C13H28N2O. The Hall–Kier alpha value is -0.120. The summed E-state index contributed by atoms with van der Waals surface area (Å²) in [6.45, 7) is 6.53. The van der Waals surface area contributed by atoms with E-state index in [1.165, 1.54) is 19.3 Å². The van der Waals surface area contributed by atoms with Crippen molar-refractivity contribution < 1.29 is 4.74 Å². The van der Waals surface area contributed by atoms with Crippen molar-refractivity contribution >= 4 is 0 Å². The van der Waals surface area contributed by atoms with E-state index in [0.717, 1.165) is 19.6 Å². The maximum atomic E-state index is 6.00. The molecule has 0 spiro atoms. The van der Waals surface area contributed by atoms with Crippen LogP contribution in [0.3, 0.4) is 0 Å². The third-order valence-corrected chi connectivity index (χ3v) is 3.35. The first-order valence-electron chi connectivity index (χ1n) is 6.65. The number of ether oxygens (including phenoxy) is 1. The Morgan fingerprint density at radius 2 is 2.06 bits per heavy atom. The van der Waals surface area contributed by atoms with Crippen LogP contribution in [0.15, 0.2) is 0 Å². The summed E-state index contributed by atoms with van der Waals surface area (Å²) in [4.78, 5) is 2.21. The summed E-state index contributed by atoms with van der Waals surface area (Å²) in [7, 11) is 4.22. The maximum Gasteiger partial charge on any atom is 0.0728 e. The van der Waals surface area contributed by atoms with E-state index in [4.69, 9.17) is 4.74 Å². The minimum absolute atomic E-state index is 0.434. The zero-order valence-corrected chi connectivity index (χ0v) is 11.3. The van der Waals surface area contributed by atoms with Crippen molar-refractivity contribution in [2.75, 3.05) is 27.2 Å². The Balaban J connectivity index is 2.19. The van der Waals surface area contributed by atoms with Crippen molar-refractivity contribution in [3.05, 3.63) is 0 Å². The second-order valence-electron chi connectivity index (χ2n) is 5.23. The van der Waals surface area contributed by atoms with E-state index < -0.39 is 0 Å². The van der Waals surface area contributed by atoms with Gasteiger partial charge in [-0.3, -0.25) is 0 Å². The van der Waals surface area contributed by atoms with Gasteiger partial charge in [0.2, 0.25) is 0 Å². The Kier molecular flexibility index (Phi) is 6.32. The van der Waals surface area contributed by atoms with Crippen LogP contribution in [0, 0.1) is 0 Å². The minimum Gasteiger partial charge on any atom is -0.377 e. The van der Waals surface area contributed by atoms with Gasteiger partial charge in [-0.1, -0.05) is 6.92 Å². The summed E-state index contributed by atoms with van der Waals surface area (Å²) < 4.78 is 6.00. The van der Waals surface area contributed by atoms with E-state index in [1.54, 1.807) is 0 Å². The topological polar surface area (TPSA) is 24.5 Å². The molecule has 0 amide bonds. The first-order valence-corrected chi connectivity index (χ1v) is 6.65. The molecule has 0 aromatic heterocycles. The molecule has 3 nitrogen and oxygen atoms in total. The number of nitrogens with one attached hydrogen (secondary N) is 1. The van der Waals surface area contributed by atoms with E-state index in [2.05, 4.69) is 38.2 Å². The highest BCUT2D eigenvalue weighted by atomic mass is 16.5. The number of hydrogen-bond acceptors (Lipinski definition) is 3. The lowest BCUT2D eigenvalue weighted by molar-refractivity contribution is -0.00298. The molecule has 3 heteroatoms. The predicted molar refractivity (Wildman–Crippen MR) is 68.8 cm³/mol. The zero-order chi connectivity index (χ0) is 12.0. The molecule has 1 N–H and O–H groups in total. The number of hydrogen-bond donors (Lipinski definition) is 1. The summed E-state index contributed by atoms with van der Waals surface area (Å²) in [5.74, 6) is 0. The molecule has 0 aliphatic carbocycles. The molecule has 16 heavy (non-hydrogen) atoms. The van der Waals surface area contributed by atoms with E-state index in [9.17, 15) is 0 Å². The van der Waals surface area contributed by atoms with Gasteiger partial charge in [-0.25, -0.2) is 0 Å². The highest BCUT2D eigenvalue weighted by molar-refractivity contribution is 4.85. The predicted octanol–water partition coefficient (Wildman–Crippen LogP) is 1.87. The van der Waals surface area contributed by atoms with Crippen LogP contribution >= 0.6 is 0 Å². The zero-order valence-electron chi connectivity index (χ0n) is 11.3. The van der Waals surface area contributed by atoms with Crippen LogP contribution in [0.5, 0.6) is 0 Å². The Bertz CT molecular complexity index is 185. The molecule has 0 radical (unpaired) electrons. The lowest BCUT2D eigenvalue weighted by Crippen LogP contribution is -2.50. The maximum absolute atomic E-state index is 6.00. The van der Waals surface area contributed by atoms with Crippen LogP contribution in [0.4, 0.5) is 0 Å². The number of nitrogens with zero attached hydrogens (tertiary/aromatic N) is 1. The second-order valence-corrected chi connectivity index (χ2v) is 5.23. The van der Waals surface area contributed by atoms with Gasteiger partial charge in [-0.2, -0.15) is 0 Å². The Morgan fingerprint density at radius 1 is 1.31 bits per heavy atom. The van der Waals surface area contributed by atoms with E-state index >= 15 is 0 Å². The molecule has 0 aromatic carbocycles. The van der Waals surface area contributed by atoms with Gasteiger partial charge in [0, 0.05) is 18.7 Å². The van der Waals surface area contributed by atoms with Crippen LogP contribution < -0.4 is 5.32 Å². The van der Waals surface area contributed by atoms with Crippen LogP contribution in [-0.4, -0.2) is 50.3 Å². The van der Waals surface area contributed by atoms with Gasteiger partial charge in [0.1, 0.15) is 0 Å². The molecule has 1 aliphatic heterocycles. The molecule has 1 fully saturated rings. The lowest BCUT2D eigenvalue weighted by atomic mass is 9.95. The summed E-state index contributed by atoms with van der Waals surface area (Å²) in [5, 5.41) is 3.63. The van der Waals surface area contributed by atoms with Gasteiger partial charge in [0.15, 0.2) is 0 Å². The van der Waals surface area contributed by atoms with Gasteiger partial charge >= 0.3 is 0 Å². The highest BCUT2D eigenvalue weighted by Gasteiger charge is 2.26. The van der Waals surface area contributed by atoms with Crippen molar-refractivity contribution in [2.24, 2.45) is 0 Å². The van der Waals surface area contributed by atoms with Gasteiger partial charge < -0.3 is 15.0 Å².